The molecule has 3 rings (SSSR count). The second-order valence-corrected chi connectivity index (χ2v) is 5.54. The number of carbonyl (C=O) groups excluding carboxylic acids is 2. The standard InChI is InChI=1S/C16H13ClN6O3/c1-10(15(24)20-13-6-3-7-18-14(13)17)26-16(25)11-4-2-5-12(8-11)23-9-19-21-22-23/h2-10H,1H3,(H,20,24). The predicted molar refractivity (Wildman–Crippen MR) is 91.9 cm³/mol. The molecule has 0 aliphatic heterocycles. The van der Waals surface area contributed by atoms with Gasteiger partial charge in [-0.2, -0.15) is 0 Å². The highest BCUT2D eigenvalue weighted by Crippen LogP contribution is 2.18. The molecule has 0 radical (unpaired) electrons. The maximum Gasteiger partial charge on any atom is 0.338 e. The summed E-state index contributed by atoms with van der Waals surface area (Å²) in [5.74, 6) is -1.18. The lowest BCUT2D eigenvalue weighted by Gasteiger charge is -2.14. The zero-order valence-electron chi connectivity index (χ0n) is 13.5. The van der Waals surface area contributed by atoms with Crippen molar-refractivity contribution in [1.29, 1.82) is 0 Å². The van der Waals surface area contributed by atoms with Gasteiger partial charge >= 0.3 is 5.97 Å². The van der Waals surface area contributed by atoms with E-state index in [2.05, 4.69) is 25.8 Å². The van der Waals surface area contributed by atoms with Gasteiger partial charge in [0.05, 0.1) is 16.9 Å². The summed E-state index contributed by atoms with van der Waals surface area (Å²) in [4.78, 5) is 28.3. The van der Waals surface area contributed by atoms with Gasteiger partial charge in [-0.3, -0.25) is 4.79 Å². The molecule has 2 aromatic heterocycles. The molecule has 1 aromatic carbocycles. The van der Waals surface area contributed by atoms with Crippen molar-refractivity contribution in [3.63, 3.8) is 0 Å². The van der Waals surface area contributed by atoms with Gasteiger partial charge < -0.3 is 10.1 Å². The fraction of sp³-hybridized carbons (Fsp3) is 0.125. The molecule has 0 aliphatic carbocycles. The van der Waals surface area contributed by atoms with Crippen LogP contribution in [-0.2, 0) is 9.53 Å². The number of rotatable bonds is 5. The van der Waals surface area contributed by atoms with E-state index in [1.807, 2.05) is 0 Å². The number of pyridine rings is 1. The molecular weight excluding hydrogens is 360 g/mol. The molecule has 0 fully saturated rings. The molecule has 132 valence electrons. The van der Waals surface area contributed by atoms with Gasteiger partial charge in [0.15, 0.2) is 11.3 Å². The van der Waals surface area contributed by atoms with Crippen LogP contribution in [0.25, 0.3) is 5.69 Å². The van der Waals surface area contributed by atoms with Crippen LogP contribution in [0.3, 0.4) is 0 Å². The van der Waals surface area contributed by atoms with Crippen LogP contribution < -0.4 is 5.32 Å². The smallest absolute Gasteiger partial charge is 0.338 e. The molecule has 3 aromatic rings. The zero-order valence-corrected chi connectivity index (χ0v) is 14.3. The summed E-state index contributed by atoms with van der Waals surface area (Å²) < 4.78 is 6.61. The van der Waals surface area contributed by atoms with Crippen LogP contribution in [0.1, 0.15) is 17.3 Å². The lowest BCUT2D eigenvalue weighted by atomic mass is 10.2. The number of anilines is 1. The Kier molecular flexibility index (Phi) is 5.18. The van der Waals surface area contributed by atoms with Crippen molar-refractivity contribution in [3.8, 4) is 5.69 Å². The molecule has 0 aliphatic rings. The Labute approximate surface area is 152 Å². The van der Waals surface area contributed by atoms with E-state index in [1.165, 1.54) is 24.1 Å². The summed E-state index contributed by atoms with van der Waals surface area (Å²) in [5.41, 5.74) is 1.18. The number of tetrazole rings is 1. The summed E-state index contributed by atoms with van der Waals surface area (Å²) in [6.45, 7) is 1.46. The number of nitrogens with zero attached hydrogens (tertiary/aromatic N) is 5. The second-order valence-electron chi connectivity index (χ2n) is 5.18. The number of aromatic nitrogens is 5. The predicted octanol–water partition coefficient (Wildman–Crippen LogP) is 1.89. The Morgan fingerprint density at radius 2 is 2.12 bits per heavy atom. The van der Waals surface area contributed by atoms with Crippen LogP contribution in [0.4, 0.5) is 5.69 Å². The fourth-order valence-corrected chi connectivity index (χ4v) is 2.22. The molecule has 0 spiro atoms. The summed E-state index contributed by atoms with van der Waals surface area (Å²) in [6.07, 6.45) is 1.87. The van der Waals surface area contributed by atoms with Gasteiger partial charge in [-0.05, 0) is 47.7 Å². The van der Waals surface area contributed by atoms with Crippen molar-refractivity contribution in [1.82, 2.24) is 25.2 Å². The molecule has 1 unspecified atom stereocenters. The van der Waals surface area contributed by atoms with Gasteiger partial charge in [-0.15, -0.1) is 5.10 Å². The first kappa shape index (κ1) is 17.5. The van der Waals surface area contributed by atoms with Crippen molar-refractivity contribution in [3.05, 3.63) is 59.6 Å². The van der Waals surface area contributed by atoms with Crippen LogP contribution in [-0.4, -0.2) is 43.2 Å². The fourth-order valence-electron chi connectivity index (χ4n) is 2.05. The number of hydrogen-bond acceptors (Lipinski definition) is 7. The van der Waals surface area contributed by atoms with Gasteiger partial charge in [-0.25, -0.2) is 14.5 Å². The van der Waals surface area contributed by atoms with Gasteiger partial charge in [0.25, 0.3) is 5.91 Å². The normalized spacial score (nSPS) is 11.6. The van der Waals surface area contributed by atoms with Crippen molar-refractivity contribution in [2.45, 2.75) is 13.0 Å². The van der Waals surface area contributed by atoms with Crippen molar-refractivity contribution in [2.75, 3.05) is 5.32 Å². The summed E-state index contributed by atoms with van der Waals surface area (Å²) in [6, 6.07) is 9.74. The largest absolute Gasteiger partial charge is 0.449 e. The number of ether oxygens (including phenoxy) is 1. The molecule has 9 nitrogen and oxygen atoms in total. The van der Waals surface area contributed by atoms with Crippen LogP contribution in [0.2, 0.25) is 5.15 Å². The topological polar surface area (TPSA) is 112 Å². The monoisotopic (exact) mass is 372 g/mol. The molecule has 10 heteroatoms. The minimum absolute atomic E-state index is 0.147. The first-order chi connectivity index (χ1) is 12.5. The Morgan fingerprint density at radius 1 is 1.27 bits per heavy atom. The molecule has 26 heavy (non-hydrogen) atoms. The maximum atomic E-state index is 12.3. The number of nitrogens with one attached hydrogen (secondary N) is 1. The molecule has 1 atom stereocenters. The van der Waals surface area contributed by atoms with Gasteiger partial charge in [-0.1, -0.05) is 17.7 Å². The highest BCUT2D eigenvalue weighted by atomic mass is 35.5. The second kappa shape index (κ2) is 7.70. The number of carbonyl (C=O) groups is 2. The summed E-state index contributed by atoms with van der Waals surface area (Å²) >= 11 is 5.89. The molecule has 1 amide bonds. The molecule has 2 heterocycles. The molecule has 1 N–H and O–H groups in total. The number of hydrogen-bond donors (Lipinski definition) is 1. The Balaban J connectivity index is 1.67. The third-order valence-corrected chi connectivity index (χ3v) is 3.67. The van der Waals surface area contributed by atoms with Crippen LogP contribution >= 0.6 is 11.6 Å². The molecule has 0 saturated heterocycles. The van der Waals surface area contributed by atoms with Gasteiger partial charge in [0, 0.05) is 6.20 Å². The highest BCUT2D eigenvalue weighted by molar-refractivity contribution is 6.32. The zero-order chi connectivity index (χ0) is 18.5. The average molecular weight is 373 g/mol. The Morgan fingerprint density at radius 3 is 2.85 bits per heavy atom. The highest BCUT2D eigenvalue weighted by Gasteiger charge is 2.20. The van der Waals surface area contributed by atoms with E-state index in [0.29, 0.717) is 11.4 Å². The van der Waals surface area contributed by atoms with Crippen molar-refractivity contribution in [2.24, 2.45) is 0 Å². The van der Waals surface area contributed by atoms with Crippen LogP contribution in [0.15, 0.2) is 48.9 Å². The quantitative estimate of drug-likeness (QED) is 0.537. The SMILES string of the molecule is CC(OC(=O)c1cccc(-n2cnnn2)c1)C(=O)Nc1cccnc1Cl. The average Bonchev–Trinajstić information content (AvgIpc) is 3.18. The van der Waals surface area contributed by atoms with E-state index in [0.717, 1.165) is 0 Å². The van der Waals surface area contributed by atoms with Gasteiger partial charge in [0.1, 0.15) is 6.33 Å². The minimum atomic E-state index is -1.03. The maximum absolute atomic E-state index is 12.3. The lowest BCUT2D eigenvalue weighted by molar-refractivity contribution is -0.123. The molecule has 0 bridgehead atoms. The van der Waals surface area contributed by atoms with E-state index in [-0.39, 0.29) is 10.7 Å². The van der Waals surface area contributed by atoms with E-state index < -0.39 is 18.0 Å². The molecular formula is C16H13ClN6O3. The van der Waals surface area contributed by atoms with Crippen LogP contribution in [0, 0.1) is 0 Å². The number of halogens is 1. The third kappa shape index (κ3) is 4.01. The van der Waals surface area contributed by atoms with E-state index in [9.17, 15) is 9.59 Å². The minimum Gasteiger partial charge on any atom is -0.449 e. The Bertz CT molecular complexity index is 931. The summed E-state index contributed by atoms with van der Waals surface area (Å²) in [7, 11) is 0. The molecule has 0 saturated carbocycles. The Hall–Kier alpha value is -3.33. The van der Waals surface area contributed by atoms with Crippen LogP contribution in [0.5, 0.6) is 0 Å². The van der Waals surface area contributed by atoms with Crippen molar-refractivity contribution < 1.29 is 14.3 Å². The van der Waals surface area contributed by atoms with Crippen molar-refractivity contribution >= 4 is 29.2 Å². The number of benzene rings is 1. The van der Waals surface area contributed by atoms with E-state index >= 15 is 0 Å². The van der Waals surface area contributed by atoms with Gasteiger partial charge in [0.2, 0.25) is 0 Å². The first-order valence-corrected chi connectivity index (χ1v) is 7.88. The van der Waals surface area contributed by atoms with E-state index in [4.69, 9.17) is 16.3 Å². The third-order valence-electron chi connectivity index (χ3n) is 3.37. The lowest BCUT2D eigenvalue weighted by Crippen LogP contribution is -2.30. The van der Waals surface area contributed by atoms with E-state index in [1.54, 1.807) is 36.4 Å². The first-order valence-electron chi connectivity index (χ1n) is 7.50. The number of amides is 1. The summed E-state index contributed by atoms with van der Waals surface area (Å²) in [5, 5.41) is 13.5. The number of esters is 1.